The highest BCUT2D eigenvalue weighted by atomic mass is 19.4. The van der Waals surface area contributed by atoms with Crippen LogP contribution in [0.25, 0.3) is 0 Å². The number of amides is 1. The van der Waals surface area contributed by atoms with Crippen molar-refractivity contribution in [3.8, 4) is 11.8 Å². The molecule has 0 unspecified atom stereocenters. The van der Waals surface area contributed by atoms with Crippen LogP contribution in [-0.4, -0.2) is 47.1 Å². The number of rotatable bonds is 3. The van der Waals surface area contributed by atoms with Crippen molar-refractivity contribution in [2.75, 3.05) is 26.2 Å². The van der Waals surface area contributed by atoms with Gasteiger partial charge in [-0.1, -0.05) is 12.1 Å². The number of alkyl halides is 3. The summed E-state index contributed by atoms with van der Waals surface area (Å²) in [6.07, 6.45) is -2.20. The Bertz CT molecular complexity index is 932. The number of halogens is 3. The Labute approximate surface area is 166 Å². The highest BCUT2D eigenvalue weighted by Crippen LogP contribution is 2.33. The molecule has 0 spiro atoms. The van der Waals surface area contributed by atoms with E-state index in [1.54, 1.807) is 6.07 Å². The van der Waals surface area contributed by atoms with Crippen LogP contribution < -0.4 is 4.74 Å². The molecule has 1 aliphatic rings. The first-order chi connectivity index (χ1) is 13.8. The van der Waals surface area contributed by atoms with Crippen molar-refractivity contribution >= 4 is 6.09 Å². The van der Waals surface area contributed by atoms with Gasteiger partial charge in [0.05, 0.1) is 17.3 Å². The van der Waals surface area contributed by atoms with Gasteiger partial charge in [-0.15, -0.1) is 0 Å². The summed E-state index contributed by atoms with van der Waals surface area (Å²) in [4.78, 5) is 19.7. The van der Waals surface area contributed by atoms with Gasteiger partial charge in [-0.3, -0.25) is 9.88 Å². The highest BCUT2D eigenvalue weighted by Gasteiger charge is 2.33. The lowest BCUT2D eigenvalue weighted by atomic mass is 10.0. The van der Waals surface area contributed by atoms with Gasteiger partial charge in [0.25, 0.3) is 0 Å². The number of benzene rings is 1. The van der Waals surface area contributed by atoms with Crippen LogP contribution in [-0.2, 0) is 12.7 Å². The molecule has 6 nitrogen and oxygen atoms in total. The van der Waals surface area contributed by atoms with Gasteiger partial charge < -0.3 is 9.64 Å². The summed E-state index contributed by atoms with van der Waals surface area (Å²) in [6.45, 7) is 3.68. The second-order valence-corrected chi connectivity index (χ2v) is 6.74. The average Bonchev–Trinajstić information content (AvgIpc) is 2.69. The fraction of sp³-hybridized carbons (Fsp3) is 0.350. The van der Waals surface area contributed by atoms with Gasteiger partial charge in [0.15, 0.2) is 5.75 Å². The molecule has 9 heteroatoms. The monoisotopic (exact) mass is 404 g/mol. The first-order valence-electron chi connectivity index (χ1n) is 8.98. The van der Waals surface area contributed by atoms with Crippen molar-refractivity contribution in [1.29, 1.82) is 5.26 Å². The molecular formula is C20H19F3N4O2. The summed E-state index contributed by atoms with van der Waals surface area (Å²) < 4.78 is 44.5. The van der Waals surface area contributed by atoms with E-state index in [1.165, 1.54) is 36.4 Å². The van der Waals surface area contributed by atoms with E-state index >= 15 is 0 Å². The van der Waals surface area contributed by atoms with Crippen LogP contribution in [0.5, 0.6) is 5.75 Å². The van der Waals surface area contributed by atoms with E-state index in [9.17, 15) is 18.0 Å². The third-order valence-corrected chi connectivity index (χ3v) is 4.82. The smallest absolute Gasteiger partial charge is 0.409 e. The zero-order chi connectivity index (χ0) is 21.0. The molecule has 0 atom stereocenters. The van der Waals surface area contributed by atoms with Gasteiger partial charge >= 0.3 is 12.3 Å². The van der Waals surface area contributed by atoms with E-state index in [0.29, 0.717) is 38.3 Å². The first-order valence-corrected chi connectivity index (χ1v) is 8.98. The molecule has 1 aromatic heterocycles. The zero-order valence-electron chi connectivity index (χ0n) is 15.7. The average molecular weight is 404 g/mol. The van der Waals surface area contributed by atoms with Crippen LogP contribution in [0.1, 0.15) is 22.3 Å². The molecule has 1 amide bonds. The minimum atomic E-state index is -4.37. The molecule has 0 saturated carbocycles. The van der Waals surface area contributed by atoms with E-state index in [4.69, 9.17) is 10.00 Å². The Morgan fingerprint density at radius 1 is 1.24 bits per heavy atom. The molecule has 1 fully saturated rings. The van der Waals surface area contributed by atoms with Crippen molar-refractivity contribution < 1.29 is 22.7 Å². The Morgan fingerprint density at radius 2 is 1.97 bits per heavy atom. The predicted octanol–water partition coefficient (Wildman–Crippen LogP) is 3.60. The minimum Gasteiger partial charge on any atom is -0.409 e. The molecule has 0 bridgehead atoms. The summed E-state index contributed by atoms with van der Waals surface area (Å²) in [5, 5.41) is 8.87. The number of carbonyl (C=O) groups is 1. The maximum atomic E-state index is 13.1. The molecule has 3 rings (SSSR count). The standard InChI is InChI=1S/C20H19F3N4O2/c1-14-16(3-2-4-18(14)20(21,22)23)13-26-5-7-27(8-6-26)19(28)29-17-9-15(10-24)11-25-12-17/h2-4,9,11-12H,5-8,13H2,1H3. The number of nitrogens with zero attached hydrogens (tertiary/aromatic N) is 4. The van der Waals surface area contributed by atoms with E-state index in [0.717, 1.165) is 6.07 Å². The Morgan fingerprint density at radius 3 is 2.62 bits per heavy atom. The number of piperazine rings is 1. The maximum absolute atomic E-state index is 13.1. The van der Waals surface area contributed by atoms with Crippen LogP contribution in [0, 0.1) is 18.3 Å². The SMILES string of the molecule is Cc1c(CN2CCN(C(=O)Oc3cncc(C#N)c3)CC2)cccc1C(F)(F)F. The van der Waals surface area contributed by atoms with Gasteiger partial charge in [-0.05, 0) is 24.1 Å². The third kappa shape index (κ3) is 5.03. The predicted molar refractivity (Wildman–Crippen MR) is 98.0 cm³/mol. The van der Waals surface area contributed by atoms with Gasteiger partial charge in [0.1, 0.15) is 6.07 Å². The van der Waals surface area contributed by atoms with Crippen molar-refractivity contribution in [2.24, 2.45) is 0 Å². The molecule has 2 aromatic rings. The molecule has 0 N–H and O–H groups in total. The molecule has 1 saturated heterocycles. The molecule has 1 aliphatic heterocycles. The summed E-state index contributed by atoms with van der Waals surface area (Å²) in [6, 6.07) is 7.55. The van der Waals surface area contributed by atoms with E-state index in [2.05, 4.69) is 4.98 Å². The fourth-order valence-electron chi connectivity index (χ4n) is 3.19. The van der Waals surface area contributed by atoms with Gasteiger partial charge in [-0.2, -0.15) is 18.4 Å². The first kappa shape index (κ1) is 20.6. The number of pyridine rings is 1. The second-order valence-electron chi connectivity index (χ2n) is 6.74. The molecule has 1 aromatic carbocycles. The minimum absolute atomic E-state index is 0.191. The Hall–Kier alpha value is -3.12. The summed E-state index contributed by atoms with van der Waals surface area (Å²) in [5.74, 6) is 0.191. The Balaban J connectivity index is 1.57. The van der Waals surface area contributed by atoms with Crippen LogP contribution in [0.15, 0.2) is 36.7 Å². The molecule has 29 heavy (non-hydrogen) atoms. The second kappa shape index (κ2) is 8.49. The van der Waals surface area contributed by atoms with Crippen LogP contribution in [0.4, 0.5) is 18.0 Å². The number of ether oxygens (including phenoxy) is 1. The zero-order valence-corrected chi connectivity index (χ0v) is 15.7. The number of carbonyl (C=O) groups excluding carboxylic acids is 1. The van der Waals surface area contributed by atoms with Crippen LogP contribution >= 0.6 is 0 Å². The lowest BCUT2D eigenvalue weighted by molar-refractivity contribution is -0.138. The normalized spacial score (nSPS) is 15.1. The fourth-order valence-corrected chi connectivity index (χ4v) is 3.19. The lowest BCUT2D eigenvalue weighted by Crippen LogP contribution is -2.49. The summed E-state index contributed by atoms with van der Waals surface area (Å²) in [5.41, 5.74) is 0.518. The largest absolute Gasteiger partial charge is 0.416 e. The maximum Gasteiger partial charge on any atom is 0.416 e. The van der Waals surface area contributed by atoms with E-state index < -0.39 is 17.8 Å². The third-order valence-electron chi connectivity index (χ3n) is 4.82. The quantitative estimate of drug-likeness (QED) is 0.782. The van der Waals surface area contributed by atoms with Crippen molar-refractivity contribution in [1.82, 2.24) is 14.8 Å². The Kier molecular flexibility index (Phi) is 6.03. The number of aromatic nitrogens is 1. The van der Waals surface area contributed by atoms with E-state index in [1.807, 2.05) is 11.0 Å². The van der Waals surface area contributed by atoms with Gasteiger partial charge in [0, 0.05) is 45.0 Å². The molecular weight excluding hydrogens is 385 g/mol. The summed E-state index contributed by atoms with van der Waals surface area (Å²) >= 11 is 0. The number of hydrogen-bond donors (Lipinski definition) is 0. The van der Waals surface area contributed by atoms with Gasteiger partial charge in [-0.25, -0.2) is 4.79 Å². The van der Waals surface area contributed by atoms with E-state index in [-0.39, 0.29) is 16.9 Å². The highest BCUT2D eigenvalue weighted by molar-refractivity contribution is 5.70. The summed E-state index contributed by atoms with van der Waals surface area (Å²) in [7, 11) is 0. The van der Waals surface area contributed by atoms with Crippen molar-refractivity contribution in [2.45, 2.75) is 19.6 Å². The number of hydrogen-bond acceptors (Lipinski definition) is 5. The number of nitriles is 1. The molecule has 0 aliphatic carbocycles. The molecule has 152 valence electrons. The lowest BCUT2D eigenvalue weighted by Gasteiger charge is -2.34. The molecule has 0 radical (unpaired) electrons. The van der Waals surface area contributed by atoms with Crippen molar-refractivity contribution in [3.63, 3.8) is 0 Å². The van der Waals surface area contributed by atoms with Gasteiger partial charge in [0.2, 0.25) is 0 Å². The van der Waals surface area contributed by atoms with Crippen LogP contribution in [0.2, 0.25) is 0 Å². The van der Waals surface area contributed by atoms with Crippen LogP contribution in [0.3, 0.4) is 0 Å². The topological polar surface area (TPSA) is 69.5 Å². The molecule has 2 heterocycles. The van der Waals surface area contributed by atoms with Crippen molar-refractivity contribution in [3.05, 3.63) is 58.9 Å².